The van der Waals surface area contributed by atoms with Crippen molar-refractivity contribution in [3.8, 4) is 0 Å². The molecule has 2 aromatic heterocycles. The summed E-state index contributed by atoms with van der Waals surface area (Å²) < 4.78 is 1.03. The van der Waals surface area contributed by atoms with E-state index in [4.69, 9.17) is 0 Å². The molecule has 20 heavy (non-hydrogen) atoms. The van der Waals surface area contributed by atoms with Crippen LogP contribution < -0.4 is 0 Å². The fourth-order valence-corrected chi connectivity index (χ4v) is 3.28. The van der Waals surface area contributed by atoms with Crippen molar-refractivity contribution < 1.29 is 4.79 Å². The van der Waals surface area contributed by atoms with Crippen LogP contribution in [-0.2, 0) is 13.1 Å². The van der Waals surface area contributed by atoms with E-state index in [0.29, 0.717) is 18.1 Å². The number of carbonyl (C=O) groups is 1. The standard InChI is InChI=1S/C14H10N4OS/c19-14(13-17-10-3-1-2-4-12(10)20-13)18-6-9-5-15-8-16-11(9)7-18/h1-5,8H,6-7H2. The van der Waals surface area contributed by atoms with E-state index in [9.17, 15) is 4.79 Å². The molecule has 3 heterocycles. The van der Waals surface area contributed by atoms with Crippen molar-refractivity contribution >= 4 is 27.5 Å². The van der Waals surface area contributed by atoms with E-state index < -0.39 is 0 Å². The van der Waals surface area contributed by atoms with Gasteiger partial charge in [-0.05, 0) is 12.1 Å². The minimum atomic E-state index is -0.0378. The van der Waals surface area contributed by atoms with Gasteiger partial charge in [-0.1, -0.05) is 12.1 Å². The van der Waals surface area contributed by atoms with Gasteiger partial charge in [0.25, 0.3) is 5.91 Å². The summed E-state index contributed by atoms with van der Waals surface area (Å²) in [5.41, 5.74) is 2.81. The first-order chi connectivity index (χ1) is 9.81. The third-order valence-corrected chi connectivity index (χ3v) is 4.37. The number of amides is 1. The molecule has 0 spiro atoms. The Bertz CT molecular complexity index is 756. The highest BCUT2D eigenvalue weighted by atomic mass is 32.1. The van der Waals surface area contributed by atoms with Crippen LogP contribution in [0.25, 0.3) is 10.2 Å². The van der Waals surface area contributed by atoms with Gasteiger partial charge < -0.3 is 4.90 Å². The lowest BCUT2D eigenvalue weighted by atomic mass is 10.3. The first kappa shape index (κ1) is 11.5. The van der Waals surface area contributed by atoms with Crippen LogP contribution in [0.5, 0.6) is 0 Å². The van der Waals surface area contributed by atoms with Crippen molar-refractivity contribution in [2.45, 2.75) is 13.1 Å². The molecule has 1 aromatic carbocycles. The predicted molar refractivity (Wildman–Crippen MR) is 75.2 cm³/mol. The van der Waals surface area contributed by atoms with Crippen LogP contribution in [0.4, 0.5) is 0 Å². The Hall–Kier alpha value is -2.34. The molecular formula is C14H10N4OS. The largest absolute Gasteiger partial charge is 0.326 e. The summed E-state index contributed by atoms with van der Waals surface area (Å²) in [5.74, 6) is -0.0378. The molecule has 1 amide bonds. The number of rotatable bonds is 1. The lowest BCUT2D eigenvalue weighted by molar-refractivity contribution is 0.0750. The van der Waals surface area contributed by atoms with Crippen molar-refractivity contribution in [2.75, 3.05) is 0 Å². The molecule has 6 heteroatoms. The lowest BCUT2D eigenvalue weighted by Crippen LogP contribution is -2.25. The number of hydrogen-bond donors (Lipinski definition) is 0. The number of hydrogen-bond acceptors (Lipinski definition) is 5. The van der Waals surface area contributed by atoms with E-state index in [-0.39, 0.29) is 5.91 Å². The van der Waals surface area contributed by atoms with Crippen LogP contribution in [0, 0.1) is 0 Å². The maximum Gasteiger partial charge on any atom is 0.283 e. The number of nitrogens with zero attached hydrogens (tertiary/aromatic N) is 4. The van der Waals surface area contributed by atoms with Crippen molar-refractivity contribution in [1.29, 1.82) is 0 Å². The van der Waals surface area contributed by atoms with Gasteiger partial charge in [0.05, 0.1) is 22.5 Å². The normalized spacial score (nSPS) is 13.7. The molecule has 0 bridgehead atoms. The summed E-state index contributed by atoms with van der Waals surface area (Å²) in [7, 11) is 0. The minimum absolute atomic E-state index is 0.0378. The van der Waals surface area contributed by atoms with Gasteiger partial charge in [-0.25, -0.2) is 15.0 Å². The highest BCUT2D eigenvalue weighted by Gasteiger charge is 2.27. The van der Waals surface area contributed by atoms with Crippen molar-refractivity contribution in [1.82, 2.24) is 19.9 Å². The highest BCUT2D eigenvalue weighted by molar-refractivity contribution is 7.20. The van der Waals surface area contributed by atoms with Crippen molar-refractivity contribution in [2.24, 2.45) is 0 Å². The molecule has 0 fully saturated rings. The maximum absolute atomic E-state index is 12.5. The van der Waals surface area contributed by atoms with Gasteiger partial charge in [-0.2, -0.15) is 0 Å². The number of fused-ring (bicyclic) bond motifs is 2. The summed E-state index contributed by atoms with van der Waals surface area (Å²) in [5, 5.41) is 0.534. The lowest BCUT2D eigenvalue weighted by Gasteiger charge is -2.12. The second-order valence-corrected chi connectivity index (χ2v) is 5.67. The smallest absolute Gasteiger partial charge is 0.283 e. The van der Waals surface area contributed by atoms with E-state index in [1.165, 1.54) is 17.7 Å². The van der Waals surface area contributed by atoms with Crippen molar-refractivity contribution in [3.05, 3.63) is 53.1 Å². The highest BCUT2D eigenvalue weighted by Crippen LogP contribution is 2.26. The van der Waals surface area contributed by atoms with Crippen molar-refractivity contribution in [3.63, 3.8) is 0 Å². The summed E-state index contributed by atoms with van der Waals surface area (Å²) in [4.78, 5) is 26.9. The van der Waals surface area contributed by atoms with E-state index in [1.807, 2.05) is 24.3 Å². The molecule has 4 rings (SSSR count). The Kier molecular flexibility index (Phi) is 2.50. The fourth-order valence-electron chi connectivity index (χ4n) is 2.34. The topological polar surface area (TPSA) is 59.0 Å². The fraction of sp³-hybridized carbons (Fsp3) is 0.143. The Morgan fingerprint density at radius 2 is 2.15 bits per heavy atom. The SMILES string of the molecule is O=C(c1nc2ccccc2s1)N1Cc2cncnc2C1. The van der Waals surface area contributed by atoms with Crippen LogP contribution in [0.2, 0.25) is 0 Å². The van der Waals surface area contributed by atoms with E-state index >= 15 is 0 Å². The number of carbonyl (C=O) groups excluding carboxylic acids is 1. The number of para-hydroxylation sites is 1. The maximum atomic E-state index is 12.5. The third kappa shape index (κ3) is 1.77. The quantitative estimate of drug-likeness (QED) is 0.687. The zero-order valence-corrected chi connectivity index (χ0v) is 11.3. The van der Waals surface area contributed by atoms with E-state index in [2.05, 4.69) is 15.0 Å². The van der Waals surface area contributed by atoms with E-state index in [1.54, 1.807) is 11.1 Å². The minimum Gasteiger partial charge on any atom is -0.326 e. The van der Waals surface area contributed by atoms with Crippen LogP contribution in [-0.4, -0.2) is 25.8 Å². The average Bonchev–Trinajstić information content (AvgIpc) is 3.10. The molecule has 0 atom stereocenters. The molecule has 98 valence electrons. The predicted octanol–water partition coefficient (Wildman–Crippen LogP) is 2.24. The zero-order chi connectivity index (χ0) is 13.5. The summed E-state index contributed by atoms with van der Waals surface area (Å²) in [6.07, 6.45) is 3.29. The molecule has 5 nitrogen and oxygen atoms in total. The second kappa shape index (κ2) is 4.35. The summed E-state index contributed by atoms with van der Waals surface area (Å²) in [6.45, 7) is 1.09. The Morgan fingerprint density at radius 3 is 3.00 bits per heavy atom. The van der Waals surface area contributed by atoms with Crippen LogP contribution in [0.1, 0.15) is 21.1 Å². The molecule has 0 radical (unpaired) electrons. The molecule has 1 aliphatic heterocycles. The Labute approximate surface area is 118 Å². The summed E-state index contributed by atoms with van der Waals surface area (Å²) in [6, 6.07) is 7.79. The first-order valence-corrected chi connectivity index (χ1v) is 7.05. The molecule has 0 aliphatic carbocycles. The molecular weight excluding hydrogens is 272 g/mol. The van der Waals surface area contributed by atoms with Gasteiger partial charge in [0.2, 0.25) is 0 Å². The number of thiazole rings is 1. The van der Waals surface area contributed by atoms with Gasteiger partial charge in [0.1, 0.15) is 6.33 Å². The first-order valence-electron chi connectivity index (χ1n) is 6.24. The second-order valence-electron chi connectivity index (χ2n) is 4.64. The number of aromatic nitrogens is 3. The monoisotopic (exact) mass is 282 g/mol. The molecule has 0 N–H and O–H groups in total. The van der Waals surface area contributed by atoms with Crippen LogP contribution in [0.3, 0.4) is 0 Å². The Morgan fingerprint density at radius 1 is 1.25 bits per heavy atom. The summed E-state index contributed by atoms with van der Waals surface area (Å²) >= 11 is 1.43. The van der Waals surface area contributed by atoms with Crippen LogP contribution in [0.15, 0.2) is 36.8 Å². The molecule has 3 aromatic rings. The molecule has 0 unspecified atom stereocenters. The third-order valence-electron chi connectivity index (χ3n) is 3.35. The zero-order valence-electron chi connectivity index (χ0n) is 10.5. The van der Waals surface area contributed by atoms with Gasteiger partial charge in [0, 0.05) is 18.3 Å². The molecule has 0 saturated carbocycles. The van der Waals surface area contributed by atoms with E-state index in [0.717, 1.165) is 21.5 Å². The molecule has 0 saturated heterocycles. The Balaban J connectivity index is 1.65. The van der Waals surface area contributed by atoms with Crippen LogP contribution >= 0.6 is 11.3 Å². The van der Waals surface area contributed by atoms with Gasteiger partial charge >= 0.3 is 0 Å². The molecule has 1 aliphatic rings. The van der Waals surface area contributed by atoms with Gasteiger partial charge in [0.15, 0.2) is 5.01 Å². The number of benzene rings is 1. The van der Waals surface area contributed by atoms with Gasteiger partial charge in [-0.15, -0.1) is 11.3 Å². The van der Waals surface area contributed by atoms with Gasteiger partial charge in [-0.3, -0.25) is 4.79 Å². The average molecular weight is 282 g/mol.